The normalized spacial score (nSPS) is 9.76. The van der Waals surface area contributed by atoms with E-state index < -0.39 is 16.4 Å². The average molecular weight is 288 g/mol. The molecule has 6 nitrogen and oxygen atoms in total. The maximum Gasteiger partial charge on any atom is 0.314 e. The Bertz CT molecular complexity index is 740. The first-order valence-corrected chi connectivity index (χ1v) is 5.75. The fourth-order valence-corrected chi connectivity index (χ4v) is 1.64. The summed E-state index contributed by atoms with van der Waals surface area (Å²) in [5, 5.41) is 19.9. The summed E-state index contributed by atoms with van der Waals surface area (Å²) in [6.07, 6.45) is 0. The van der Waals surface area contributed by atoms with Crippen molar-refractivity contribution in [3.8, 4) is 23.3 Å². The molecule has 106 valence electrons. The molecule has 0 fully saturated rings. The SMILES string of the molecule is COc1ccc(C#N)c(Oc2ccc(F)cc2[N+](=O)[O-])c1. The van der Waals surface area contributed by atoms with E-state index in [0.717, 1.165) is 18.2 Å². The molecule has 0 atom stereocenters. The molecular formula is C14H9FN2O4. The Morgan fingerprint density at radius 3 is 2.62 bits per heavy atom. The molecule has 0 saturated carbocycles. The van der Waals surface area contributed by atoms with Crippen molar-refractivity contribution < 1.29 is 18.8 Å². The standard InChI is InChI=1S/C14H9FN2O4/c1-20-11-4-2-9(8-16)14(7-11)21-13-5-3-10(15)6-12(13)17(18)19/h2-7H,1H3. The van der Waals surface area contributed by atoms with Crippen LogP contribution in [0.1, 0.15) is 5.56 Å². The smallest absolute Gasteiger partial charge is 0.314 e. The highest BCUT2D eigenvalue weighted by molar-refractivity contribution is 5.53. The number of hydrogen-bond acceptors (Lipinski definition) is 5. The van der Waals surface area contributed by atoms with Gasteiger partial charge in [0, 0.05) is 6.07 Å². The van der Waals surface area contributed by atoms with Crippen molar-refractivity contribution in [3.63, 3.8) is 0 Å². The lowest BCUT2D eigenvalue weighted by Gasteiger charge is -2.09. The lowest BCUT2D eigenvalue weighted by atomic mass is 10.2. The summed E-state index contributed by atoms with van der Waals surface area (Å²) in [5.74, 6) is -0.397. The summed E-state index contributed by atoms with van der Waals surface area (Å²) in [5.41, 5.74) is -0.351. The zero-order valence-electron chi connectivity index (χ0n) is 10.9. The quantitative estimate of drug-likeness (QED) is 0.635. The van der Waals surface area contributed by atoms with Gasteiger partial charge in [0.2, 0.25) is 5.75 Å². The van der Waals surface area contributed by atoms with E-state index >= 15 is 0 Å². The van der Waals surface area contributed by atoms with E-state index in [2.05, 4.69) is 0 Å². The summed E-state index contributed by atoms with van der Waals surface area (Å²) in [6.45, 7) is 0. The Balaban J connectivity index is 2.47. The fraction of sp³-hybridized carbons (Fsp3) is 0.0714. The number of hydrogen-bond donors (Lipinski definition) is 0. The minimum atomic E-state index is -0.759. The third kappa shape index (κ3) is 3.06. The topological polar surface area (TPSA) is 85.4 Å². The van der Waals surface area contributed by atoms with Gasteiger partial charge < -0.3 is 9.47 Å². The van der Waals surface area contributed by atoms with E-state index in [0.29, 0.717) is 5.75 Å². The molecule has 0 amide bonds. The number of nitro benzene ring substituents is 1. The van der Waals surface area contributed by atoms with Crippen molar-refractivity contribution in [3.05, 3.63) is 57.9 Å². The number of rotatable bonds is 4. The minimum absolute atomic E-state index is 0.0894. The molecule has 0 heterocycles. The zero-order valence-corrected chi connectivity index (χ0v) is 10.9. The van der Waals surface area contributed by atoms with Crippen LogP contribution in [0.25, 0.3) is 0 Å². The van der Waals surface area contributed by atoms with Gasteiger partial charge in [-0.1, -0.05) is 0 Å². The van der Waals surface area contributed by atoms with E-state index in [1.54, 1.807) is 6.07 Å². The van der Waals surface area contributed by atoms with Gasteiger partial charge >= 0.3 is 5.69 Å². The Hall–Kier alpha value is -3.14. The number of nitrogens with zero attached hydrogens (tertiary/aromatic N) is 2. The maximum atomic E-state index is 13.1. The van der Waals surface area contributed by atoms with Gasteiger partial charge in [-0.15, -0.1) is 0 Å². The Morgan fingerprint density at radius 1 is 1.24 bits per heavy atom. The van der Waals surface area contributed by atoms with E-state index in [9.17, 15) is 14.5 Å². The van der Waals surface area contributed by atoms with Crippen LogP contribution in [-0.2, 0) is 0 Å². The highest BCUT2D eigenvalue weighted by Gasteiger charge is 2.18. The average Bonchev–Trinajstić information content (AvgIpc) is 2.48. The van der Waals surface area contributed by atoms with Crippen molar-refractivity contribution in [2.24, 2.45) is 0 Å². The molecule has 7 heteroatoms. The van der Waals surface area contributed by atoms with Crippen LogP contribution < -0.4 is 9.47 Å². The van der Waals surface area contributed by atoms with E-state index in [1.165, 1.54) is 19.2 Å². The molecule has 0 radical (unpaired) electrons. The second kappa shape index (κ2) is 5.88. The summed E-state index contributed by atoms with van der Waals surface area (Å²) in [4.78, 5) is 10.2. The molecule has 0 aromatic heterocycles. The van der Waals surface area contributed by atoms with Gasteiger partial charge in [-0.25, -0.2) is 4.39 Å². The van der Waals surface area contributed by atoms with Gasteiger partial charge in [0.1, 0.15) is 23.4 Å². The molecule has 2 aromatic carbocycles. The Labute approximate surface area is 119 Å². The Morgan fingerprint density at radius 2 is 2.00 bits per heavy atom. The highest BCUT2D eigenvalue weighted by Crippen LogP contribution is 2.34. The summed E-state index contributed by atoms with van der Waals surface area (Å²) >= 11 is 0. The van der Waals surface area contributed by atoms with Gasteiger partial charge in [-0.2, -0.15) is 5.26 Å². The number of nitro groups is 1. The highest BCUT2D eigenvalue weighted by atomic mass is 19.1. The van der Waals surface area contributed by atoms with Gasteiger partial charge in [0.05, 0.1) is 23.7 Å². The molecule has 0 aliphatic rings. The molecule has 0 unspecified atom stereocenters. The van der Waals surface area contributed by atoms with Crippen molar-refractivity contribution in [1.29, 1.82) is 5.26 Å². The summed E-state index contributed by atoms with van der Waals surface area (Å²) < 4.78 is 23.5. The van der Waals surface area contributed by atoms with Crippen LogP contribution in [0.4, 0.5) is 10.1 Å². The second-order valence-corrected chi connectivity index (χ2v) is 3.95. The molecule has 0 bridgehead atoms. The Kier molecular flexibility index (Phi) is 4.00. The fourth-order valence-electron chi connectivity index (χ4n) is 1.64. The molecule has 0 aliphatic heterocycles. The number of ether oxygens (including phenoxy) is 2. The zero-order chi connectivity index (χ0) is 15.4. The minimum Gasteiger partial charge on any atom is -0.497 e. The molecular weight excluding hydrogens is 279 g/mol. The van der Waals surface area contributed by atoms with Gasteiger partial charge in [0.15, 0.2) is 0 Å². The summed E-state index contributed by atoms with van der Waals surface area (Å²) in [6, 6.07) is 9.27. The van der Waals surface area contributed by atoms with Crippen LogP contribution in [-0.4, -0.2) is 12.0 Å². The third-order valence-corrected chi connectivity index (χ3v) is 2.65. The molecule has 0 aliphatic carbocycles. The van der Waals surface area contributed by atoms with Crippen molar-refractivity contribution in [2.45, 2.75) is 0 Å². The molecule has 0 saturated heterocycles. The summed E-state index contributed by atoms with van der Waals surface area (Å²) in [7, 11) is 1.44. The molecule has 21 heavy (non-hydrogen) atoms. The van der Waals surface area contributed by atoms with Gasteiger partial charge in [-0.05, 0) is 24.3 Å². The second-order valence-electron chi connectivity index (χ2n) is 3.95. The lowest BCUT2D eigenvalue weighted by Crippen LogP contribution is -1.96. The number of benzene rings is 2. The number of methoxy groups -OCH3 is 1. The predicted molar refractivity (Wildman–Crippen MR) is 70.8 cm³/mol. The largest absolute Gasteiger partial charge is 0.497 e. The molecule has 0 spiro atoms. The van der Waals surface area contributed by atoms with E-state index in [4.69, 9.17) is 14.7 Å². The van der Waals surface area contributed by atoms with Crippen molar-refractivity contribution >= 4 is 5.69 Å². The van der Waals surface area contributed by atoms with Crippen LogP contribution in [0.3, 0.4) is 0 Å². The van der Waals surface area contributed by atoms with Crippen LogP contribution >= 0.6 is 0 Å². The number of halogens is 1. The third-order valence-electron chi connectivity index (χ3n) is 2.65. The molecule has 2 rings (SSSR count). The van der Waals surface area contributed by atoms with Crippen LogP contribution in [0.15, 0.2) is 36.4 Å². The van der Waals surface area contributed by atoms with Crippen LogP contribution in [0.2, 0.25) is 0 Å². The van der Waals surface area contributed by atoms with E-state index in [-0.39, 0.29) is 17.1 Å². The molecule has 2 aromatic rings. The number of nitriles is 1. The monoisotopic (exact) mass is 288 g/mol. The van der Waals surface area contributed by atoms with Crippen molar-refractivity contribution in [1.82, 2.24) is 0 Å². The first-order valence-electron chi connectivity index (χ1n) is 5.75. The van der Waals surface area contributed by atoms with Gasteiger partial charge in [-0.3, -0.25) is 10.1 Å². The first-order chi connectivity index (χ1) is 10.0. The lowest BCUT2D eigenvalue weighted by molar-refractivity contribution is -0.385. The van der Waals surface area contributed by atoms with Crippen LogP contribution in [0, 0.1) is 27.3 Å². The van der Waals surface area contributed by atoms with Crippen molar-refractivity contribution in [2.75, 3.05) is 7.11 Å². The maximum absolute atomic E-state index is 13.1. The van der Waals surface area contributed by atoms with E-state index in [1.807, 2.05) is 6.07 Å². The molecule has 0 N–H and O–H groups in total. The van der Waals surface area contributed by atoms with Gasteiger partial charge in [0.25, 0.3) is 0 Å². The van der Waals surface area contributed by atoms with Crippen LogP contribution in [0.5, 0.6) is 17.2 Å². The predicted octanol–water partition coefficient (Wildman–Crippen LogP) is 3.41. The first kappa shape index (κ1) is 14.3.